The molecule has 0 aliphatic carbocycles. The summed E-state index contributed by atoms with van der Waals surface area (Å²) in [5.74, 6) is -3.47. The molecule has 28 heavy (non-hydrogen) atoms. The van der Waals surface area contributed by atoms with E-state index in [-0.39, 0.29) is 19.6 Å². The molecule has 0 aliphatic rings. The van der Waals surface area contributed by atoms with Crippen LogP contribution in [-0.2, 0) is 28.6 Å². The SMILES string of the molecule is CCCCCOC(=O)CC(C(=O)OCCCCC)C(C)C(=O)OCCC(C)O. The first-order valence-corrected chi connectivity index (χ1v) is 10.5. The van der Waals surface area contributed by atoms with Crippen molar-refractivity contribution in [1.29, 1.82) is 0 Å². The Labute approximate surface area is 169 Å². The molecular weight excluding hydrogens is 364 g/mol. The normalized spacial score (nSPS) is 14.0. The van der Waals surface area contributed by atoms with E-state index < -0.39 is 35.8 Å². The number of carbonyl (C=O) groups excluding carboxylic acids is 3. The van der Waals surface area contributed by atoms with Gasteiger partial charge in [0.1, 0.15) is 0 Å². The Morgan fingerprint density at radius 3 is 1.86 bits per heavy atom. The summed E-state index contributed by atoms with van der Waals surface area (Å²) < 4.78 is 15.6. The van der Waals surface area contributed by atoms with Crippen LogP contribution in [0.1, 0.15) is 79.1 Å². The lowest BCUT2D eigenvalue weighted by molar-refractivity contribution is -0.164. The van der Waals surface area contributed by atoms with Crippen LogP contribution in [0, 0.1) is 11.8 Å². The predicted molar refractivity (Wildman–Crippen MR) is 105 cm³/mol. The molecule has 0 heterocycles. The Bertz CT molecular complexity index is 448. The maximum absolute atomic E-state index is 12.5. The van der Waals surface area contributed by atoms with Crippen LogP contribution in [-0.4, -0.2) is 48.9 Å². The molecule has 0 bridgehead atoms. The lowest BCUT2D eigenvalue weighted by Gasteiger charge is -2.21. The predicted octanol–water partition coefficient (Wildman–Crippen LogP) is 3.41. The molecule has 0 aromatic carbocycles. The van der Waals surface area contributed by atoms with Crippen molar-refractivity contribution in [3.63, 3.8) is 0 Å². The summed E-state index contributed by atoms with van der Waals surface area (Å²) in [6.07, 6.45) is 4.93. The zero-order chi connectivity index (χ0) is 21.4. The van der Waals surface area contributed by atoms with Gasteiger partial charge < -0.3 is 19.3 Å². The molecule has 164 valence electrons. The van der Waals surface area contributed by atoms with E-state index in [0.29, 0.717) is 13.0 Å². The molecule has 0 radical (unpaired) electrons. The lowest BCUT2D eigenvalue weighted by Crippen LogP contribution is -2.33. The minimum Gasteiger partial charge on any atom is -0.466 e. The minimum absolute atomic E-state index is 0.0561. The number of rotatable bonds is 16. The highest BCUT2D eigenvalue weighted by Gasteiger charge is 2.35. The van der Waals surface area contributed by atoms with Gasteiger partial charge in [-0.2, -0.15) is 0 Å². The van der Waals surface area contributed by atoms with Crippen molar-refractivity contribution < 1.29 is 33.7 Å². The first kappa shape index (κ1) is 26.4. The van der Waals surface area contributed by atoms with E-state index >= 15 is 0 Å². The standard InChI is InChI=1S/C21H38O7/c1-5-7-9-12-26-19(23)15-18(21(25)27-13-10-8-6-2)17(4)20(24)28-14-11-16(3)22/h16-18,22H,5-15H2,1-4H3. The molecule has 0 aliphatic heterocycles. The second kappa shape index (κ2) is 16.3. The summed E-state index contributed by atoms with van der Waals surface area (Å²) in [7, 11) is 0. The summed E-state index contributed by atoms with van der Waals surface area (Å²) in [4.78, 5) is 36.8. The minimum atomic E-state index is -0.945. The van der Waals surface area contributed by atoms with Crippen LogP contribution in [0.5, 0.6) is 0 Å². The summed E-state index contributed by atoms with van der Waals surface area (Å²) in [6, 6.07) is 0. The molecular formula is C21H38O7. The maximum Gasteiger partial charge on any atom is 0.310 e. The van der Waals surface area contributed by atoms with Crippen molar-refractivity contribution in [1.82, 2.24) is 0 Å². The molecule has 7 heteroatoms. The van der Waals surface area contributed by atoms with Crippen LogP contribution in [0.4, 0.5) is 0 Å². The van der Waals surface area contributed by atoms with E-state index in [9.17, 15) is 19.5 Å². The fraction of sp³-hybridized carbons (Fsp3) is 0.857. The molecule has 0 saturated heterocycles. The van der Waals surface area contributed by atoms with Crippen LogP contribution < -0.4 is 0 Å². The van der Waals surface area contributed by atoms with Gasteiger partial charge in [0, 0.05) is 6.42 Å². The summed E-state index contributed by atoms with van der Waals surface area (Å²) in [5, 5.41) is 9.26. The van der Waals surface area contributed by atoms with Gasteiger partial charge in [0.25, 0.3) is 0 Å². The molecule has 0 amide bonds. The topological polar surface area (TPSA) is 99.1 Å². The smallest absolute Gasteiger partial charge is 0.310 e. The van der Waals surface area contributed by atoms with E-state index in [1.165, 1.54) is 0 Å². The molecule has 0 saturated carbocycles. The van der Waals surface area contributed by atoms with Crippen molar-refractivity contribution in [3.05, 3.63) is 0 Å². The fourth-order valence-corrected chi connectivity index (χ4v) is 2.50. The molecule has 7 nitrogen and oxygen atoms in total. The highest BCUT2D eigenvalue weighted by molar-refractivity contribution is 5.85. The van der Waals surface area contributed by atoms with Gasteiger partial charge in [-0.15, -0.1) is 0 Å². The average molecular weight is 403 g/mol. The summed E-state index contributed by atoms with van der Waals surface area (Å²) >= 11 is 0. The van der Waals surface area contributed by atoms with Crippen molar-refractivity contribution in [2.24, 2.45) is 11.8 Å². The number of esters is 3. The number of unbranched alkanes of at least 4 members (excludes halogenated alkanes) is 4. The molecule has 0 spiro atoms. The van der Waals surface area contributed by atoms with Gasteiger partial charge in [-0.05, 0) is 19.8 Å². The third kappa shape index (κ3) is 12.7. The van der Waals surface area contributed by atoms with Crippen LogP contribution in [0.25, 0.3) is 0 Å². The summed E-state index contributed by atoms with van der Waals surface area (Å²) in [6.45, 7) is 7.87. The van der Waals surface area contributed by atoms with Gasteiger partial charge in [-0.1, -0.05) is 46.5 Å². The van der Waals surface area contributed by atoms with Crippen molar-refractivity contribution in [2.75, 3.05) is 19.8 Å². The zero-order valence-electron chi connectivity index (χ0n) is 17.9. The first-order chi connectivity index (χ1) is 13.3. The monoisotopic (exact) mass is 402 g/mol. The van der Waals surface area contributed by atoms with Crippen LogP contribution in [0.15, 0.2) is 0 Å². The van der Waals surface area contributed by atoms with E-state index in [4.69, 9.17) is 14.2 Å². The molecule has 0 fully saturated rings. The molecule has 3 unspecified atom stereocenters. The molecule has 3 atom stereocenters. The number of aliphatic hydroxyl groups excluding tert-OH is 1. The van der Waals surface area contributed by atoms with Gasteiger partial charge >= 0.3 is 17.9 Å². The third-order valence-corrected chi connectivity index (χ3v) is 4.45. The van der Waals surface area contributed by atoms with Crippen molar-refractivity contribution >= 4 is 17.9 Å². The molecule has 0 aromatic heterocycles. The maximum atomic E-state index is 12.5. The van der Waals surface area contributed by atoms with Crippen molar-refractivity contribution in [3.8, 4) is 0 Å². The number of ether oxygens (including phenoxy) is 3. The van der Waals surface area contributed by atoms with Crippen molar-refractivity contribution in [2.45, 2.75) is 85.2 Å². The number of hydrogen-bond donors (Lipinski definition) is 1. The third-order valence-electron chi connectivity index (χ3n) is 4.45. The van der Waals surface area contributed by atoms with Crippen LogP contribution in [0.3, 0.4) is 0 Å². The van der Waals surface area contributed by atoms with E-state index in [0.717, 1.165) is 38.5 Å². The number of hydrogen-bond acceptors (Lipinski definition) is 7. The van der Waals surface area contributed by atoms with Gasteiger partial charge in [0.05, 0.1) is 44.2 Å². The Balaban J connectivity index is 4.77. The van der Waals surface area contributed by atoms with Gasteiger partial charge in [0.2, 0.25) is 0 Å². The van der Waals surface area contributed by atoms with Gasteiger partial charge in [0.15, 0.2) is 0 Å². The lowest BCUT2D eigenvalue weighted by atomic mass is 9.91. The summed E-state index contributed by atoms with van der Waals surface area (Å²) in [5.41, 5.74) is 0. The van der Waals surface area contributed by atoms with Crippen LogP contribution in [0.2, 0.25) is 0 Å². The Hall–Kier alpha value is -1.63. The number of carbonyl (C=O) groups is 3. The second-order valence-corrected chi connectivity index (χ2v) is 7.21. The Morgan fingerprint density at radius 1 is 0.786 bits per heavy atom. The van der Waals surface area contributed by atoms with Gasteiger partial charge in [-0.25, -0.2) is 0 Å². The number of aliphatic hydroxyl groups is 1. The fourth-order valence-electron chi connectivity index (χ4n) is 2.50. The zero-order valence-corrected chi connectivity index (χ0v) is 17.9. The first-order valence-electron chi connectivity index (χ1n) is 10.5. The largest absolute Gasteiger partial charge is 0.466 e. The van der Waals surface area contributed by atoms with E-state index in [2.05, 4.69) is 6.92 Å². The molecule has 0 rings (SSSR count). The van der Waals surface area contributed by atoms with E-state index in [1.54, 1.807) is 13.8 Å². The Morgan fingerprint density at radius 2 is 1.32 bits per heavy atom. The molecule has 1 N–H and O–H groups in total. The average Bonchev–Trinajstić information content (AvgIpc) is 2.65. The van der Waals surface area contributed by atoms with Crippen LogP contribution >= 0.6 is 0 Å². The quantitative estimate of drug-likeness (QED) is 0.240. The highest BCUT2D eigenvalue weighted by Crippen LogP contribution is 2.21. The Kier molecular flexibility index (Phi) is 15.4. The second-order valence-electron chi connectivity index (χ2n) is 7.21. The highest BCUT2D eigenvalue weighted by atomic mass is 16.5. The van der Waals surface area contributed by atoms with E-state index in [1.807, 2.05) is 6.92 Å². The van der Waals surface area contributed by atoms with Gasteiger partial charge in [-0.3, -0.25) is 14.4 Å². The molecule has 0 aromatic rings.